The zero-order valence-corrected chi connectivity index (χ0v) is 9.78. The lowest BCUT2D eigenvalue weighted by molar-refractivity contribution is -0.384. The van der Waals surface area contributed by atoms with Crippen LogP contribution in [-0.2, 0) is 0 Å². The van der Waals surface area contributed by atoms with Gasteiger partial charge in [-0.1, -0.05) is 6.07 Å². The van der Waals surface area contributed by atoms with Crippen LogP contribution in [0.3, 0.4) is 0 Å². The number of hydrogen-bond donors (Lipinski definition) is 2. The van der Waals surface area contributed by atoms with Gasteiger partial charge in [0.1, 0.15) is 5.69 Å². The van der Waals surface area contributed by atoms with Crippen LogP contribution in [0.4, 0.5) is 5.69 Å². The number of nitro benzene ring substituents is 1. The van der Waals surface area contributed by atoms with Gasteiger partial charge in [-0.2, -0.15) is 0 Å². The molecule has 0 atom stereocenters. The molecule has 8 nitrogen and oxygen atoms in total. The maximum absolute atomic E-state index is 11.7. The first kappa shape index (κ1) is 12.6. The molecule has 0 bridgehead atoms. The molecule has 0 aliphatic carbocycles. The Morgan fingerprint density at radius 2 is 2.11 bits per heavy atom. The fraction of sp³-hybridized carbons (Fsp3) is 0.0909. The van der Waals surface area contributed by atoms with Crippen molar-refractivity contribution in [3.63, 3.8) is 0 Å². The first-order chi connectivity index (χ1) is 8.90. The number of carbonyl (C=O) groups is 1. The van der Waals surface area contributed by atoms with Crippen molar-refractivity contribution in [1.29, 1.82) is 0 Å². The zero-order valence-electron chi connectivity index (χ0n) is 9.78. The fourth-order valence-electron chi connectivity index (χ4n) is 1.64. The van der Waals surface area contributed by atoms with E-state index in [4.69, 9.17) is 5.11 Å². The number of rotatable bonds is 3. The monoisotopic (exact) mass is 263 g/mol. The minimum atomic E-state index is -1.28. The molecular formula is C11H9N3O5. The van der Waals surface area contributed by atoms with Crippen LogP contribution in [0.2, 0.25) is 0 Å². The SMILES string of the molecule is Cc1ccc([N+](=O)[O-])cc1-n1[nH]c(C(=O)O)cc1=O. The number of benzene rings is 1. The summed E-state index contributed by atoms with van der Waals surface area (Å²) in [6.45, 7) is 1.66. The number of aromatic amines is 1. The minimum Gasteiger partial charge on any atom is -0.477 e. The Morgan fingerprint density at radius 3 is 2.63 bits per heavy atom. The van der Waals surface area contributed by atoms with Crippen LogP contribution in [0, 0.1) is 17.0 Å². The number of aromatic carboxylic acids is 1. The lowest BCUT2D eigenvalue weighted by Crippen LogP contribution is -2.15. The van der Waals surface area contributed by atoms with Gasteiger partial charge in [0, 0.05) is 18.2 Å². The number of aromatic nitrogens is 2. The number of carboxylic acids is 1. The Bertz CT molecular complexity index is 728. The van der Waals surface area contributed by atoms with Crippen molar-refractivity contribution in [3.8, 4) is 5.69 Å². The van der Waals surface area contributed by atoms with Crippen molar-refractivity contribution in [2.75, 3.05) is 0 Å². The first-order valence-electron chi connectivity index (χ1n) is 5.21. The largest absolute Gasteiger partial charge is 0.477 e. The van der Waals surface area contributed by atoms with E-state index in [0.717, 1.165) is 10.7 Å². The van der Waals surface area contributed by atoms with Crippen LogP contribution < -0.4 is 5.56 Å². The van der Waals surface area contributed by atoms with E-state index in [-0.39, 0.29) is 17.1 Å². The van der Waals surface area contributed by atoms with Crippen molar-refractivity contribution in [2.45, 2.75) is 6.92 Å². The van der Waals surface area contributed by atoms with E-state index in [0.29, 0.717) is 5.56 Å². The summed E-state index contributed by atoms with van der Waals surface area (Å²) in [5, 5.41) is 21.9. The summed E-state index contributed by atoms with van der Waals surface area (Å²) in [6, 6.07) is 4.92. The number of aryl methyl sites for hydroxylation is 1. The zero-order chi connectivity index (χ0) is 14.2. The average Bonchev–Trinajstić information content (AvgIpc) is 2.72. The summed E-state index contributed by atoms with van der Waals surface area (Å²) in [4.78, 5) is 32.6. The Kier molecular flexibility index (Phi) is 2.91. The van der Waals surface area contributed by atoms with Gasteiger partial charge in [-0.25, -0.2) is 9.48 Å². The van der Waals surface area contributed by atoms with Gasteiger partial charge in [0.05, 0.1) is 10.6 Å². The third-order valence-electron chi connectivity index (χ3n) is 2.60. The van der Waals surface area contributed by atoms with Gasteiger partial charge < -0.3 is 5.11 Å². The number of carboxylic acid groups (broad SMARTS) is 1. The number of hydrogen-bond acceptors (Lipinski definition) is 4. The first-order valence-corrected chi connectivity index (χ1v) is 5.21. The summed E-state index contributed by atoms with van der Waals surface area (Å²) < 4.78 is 0.964. The molecule has 0 amide bonds. The second kappa shape index (κ2) is 4.41. The fourth-order valence-corrected chi connectivity index (χ4v) is 1.64. The highest BCUT2D eigenvalue weighted by Crippen LogP contribution is 2.19. The minimum absolute atomic E-state index is 0.182. The summed E-state index contributed by atoms with van der Waals surface area (Å²) in [7, 11) is 0. The van der Waals surface area contributed by atoms with Gasteiger partial charge in [0.25, 0.3) is 11.2 Å². The maximum atomic E-state index is 11.7. The lowest BCUT2D eigenvalue weighted by Gasteiger charge is -2.05. The van der Waals surface area contributed by atoms with Gasteiger partial charge >= 0.3 is 5.97 Å². The smallest absolute Gasteiger partial charge is 0.353 e. The van der Waals surface area contributed by atoms with Gasteiger partial charge in [0.2, 0.25) is 0 Å². The van der Waals surface area contributed by atoms with E-state index in [9.17, 15) is 19.7 Å². The second-order valence-corrected chi connectivity index (χ2v) is 3.88. The van der Waals surface area contributed by atoms with Gasteiger partial charge in [-0.15, -0.1) is 0 Å². The molecule has 1 aromatic carbocycles. The molecule has 0 aliphatic heterocycles. The molecule has 8 heteroatoms. The van der Waals surface area contributed by atoms with Crippen molar-refractivity contribution < 1.29 is 14.8 Å². The van der Waals surface area contributed by atoms with Gasteiger partial charge in [0.15, 0.2) is 0 Å². The maximum Gasteiger partial charge on any atom is 0.353 e. The molecule has 0 aliphatic rings. The highest BCUT2D eigenvalue weighted by Gasteiger charge is 2.15. The molecule has 0 unspecified atom stereocenters. The predicted molar refractivity (Wildman–Crippen MR) is 64.7 cm³/mol. The number of nitrogens with one attached hydrogen (secondary N) is 1. The third-order valence-corrected chi connectivity index (χ3v) is 2.60. The Balaban J connectivity index is 2.64. The van der Waals surface area contributed by atoms with Crippen LogP contribution in [0.5, 0.6) is 0 Å². The molecule has 2 rings (SSSR count). The normalized spacial score (nSPS) is 10.4. The average molecular weight is 263 g/mol. The Hall–Kier alpha value is -2.90. The van der Waals surface area contributed by atoms with Crippen LogP contribution in [-0.4, -0.2) is 25.8 Å². The lowest BCUT2D eigenvalue weighted by atomic mass is 10.2. The summed E-state index contributed by atoms with van der Waals surface area (Å²) in [5.41, 5.74) is -0.214. The quantitative estimate of drug-likeness (QED) is 0.634. The highest BCUT2D eigenvalue weighted by atomic mass is 16.6. The van der Waals surface area contributed by atoms with E-state index >= 15 is 0 Å². The van der Waals surface area contributed by atoms with Gasteiger partial charge in [-0.3, -0.25) is 20.0 Å². The molecule has 1 aromatic heterocycles. The second-order valence-electron chi connectivity index (χ2n) is 3.88. The molecule has 0 spiro atoms. The third kappa shape index (κ3) is 2.23. The Morgan fingerprint density at radius 1 is 1.42 bits per heavy atom. The Labute approximate surface area is 106 Å². The van der Waals surface area contributed by atoms with E-state index in [1.54, 1.807) is 6.92 Å². The molecule has 0 fully saturated rings. The van der Waals surface area contributed by atoms with E-state index in [1.807, 2.05) is 0 Å². The molecule has 0 radical (unpaired) electrons. The highest BCUT2D eigenvalue weighted by molar-refractivity contribution is 5.85. The summed E-state index contributed by atoms with van der Waals surface area (Å²) >= 11 is 0. The van der Waals surface area contributed by atoms with Crippen LogP contribution in [0.25, 0.3) is 5.69 Å². The number of nitro groups is 1. The molecule has 2 N–H and O–H groups in total. The van der Waals surface area contributed by atoms with Gasteiger partial charge in [-0.05, 0) is 12.5 Å². The van der Waals surface area contributed by atoms with E-state index < -0.39 is 16.5 Å². The van der Waals surface area contributed by atoms with Crippen molar-refractivity contribution >= 4 is 11.7 Å². The summed E-state index contributed by atoms with van der Waals surface area (Å²) in [6.07, 6.45) is 0. The molecular weight excluding hydrogens is 254 g/mol. The number of H-pyrrole nitrogens is 1. The number of nitrogens with zero attached hydrogens (tertiary/aromatic N) is 2. The van der Waals surface area contributed by atoms with Crippen LogP contribution >= 0.6 is 0 Å². The molecule has 19 heavy (non-hydrogen) atoms. The molecule has 0 saturated carbocycles. The van der Waals surface area contributed by atoms with Crippen molar-refractivity contribution in [1.82, 2.24) is 9.78 Å². The molecule has 98 valence electrons. The number of non-ortho nitro benzene ring substituents is 1. The van der Waals surface area contributed by atoms with Crippen molar-refractivity contribution in [3.05, 3.63) is 56.0 Å². The molecule has 1 heterocycles. The summed E-state index contributed by atoms with van der Waals surface area (Å²) in [5.74, 6) is -1.28. The van der Waals surface area contributed by atoms with E-state index in [2.05, 4.69) is 5.10 Å². The van der Waals surface area contributed by atoms with Crippen LogP contribution in [0.15, 0.2) is 29.1 Å². The topological polar surface area (TPSA) is 118 Å². The standard InChI is InChI=1S/C11H9N3O5/c1-6-2-3-7(14(18)19)4-9(6)13-10(15)5-8(12-13)11(16)17/h2-5,12H,1H3,(H,16,17). The molecule has 2 aromatic rings. The van der Waals surface area contributed by atoms with Crippen LogP contribution in [0.1, 0.15) is 16.1 Å². The van der Waals surface area contributed by atoms with E-state index in [1.165, 1.54) is 18.2 Å². The predicted octanol–water partition coefficient (Wildman–Crippen LogP) is 1.08. The van der Waals surface area contributed by atoms with Crippen molar-refractivity contribution in [2.24, 2.45) is 0 Å². The molecule has 0 saturated heterocycles.